The highest BCUT2D eigenvalue weighted by Crippen LogP contribution is 2.06. The van der Waals surface area contributed by atoms with Crippen molar-refractivity contribution in [2.45, 2.75) is 20.3 Å². The van der Waals surface area contributed by atoms with Crippen LogP contribution in [0, 0.1) is 0 Å². The summed E-state index contributed by atoms with van der Waals surface area (Å²) in [6.45, 7) is 7.97. The van der Waals surface area contributed by atoms with E-state index in [9.17, 15) is 4.79 Å². The number of amidine groups is 1. The highest BCUT2D eigenvalue weighted by molar-refractivity contribution is 6.12. The number of nitrogens with one attached hydrogen (secondary N) is 1. The van der Waals surface area contributed by atoms with Crippen LogP contribution in [0.25, 0.3) is 0 Å². The summed E-state index contributed by atoms with van der Waals surface area (Å²) in [6, 6.07) is 7.23. The van der Waals surface area contributed by atoms with E-state index in [2.05, 4.69) is 16.9 Å². The van der Waals surface area contributed by atoms with E-state index in [1.165, 1.54) is 0 Å². The summed E-state index contributed by atoms with van der Waals surface area (Å²) < 4.78 is 0. The number of carbonyl (C=O) groups excluding carboxylic acids is 1. The molecule has 1 rings (SSSR count). The molecule has 1 aromatic carbocycles. The molecule has 0 saturated heterocycles. The summed E-state index contributed by atoms with van der Waals surface area (Å²) in [5.74, 6) is 0.339. The zero-order valence-corrected chi connectivity index (χ0v) is 10.9. The summed E-state index contributed by atoms with van der Waals surface area (Å²) in [5, 5.41) is 2.76. The van der Waals surface area contributed by atoms with E-state index in [-0.39, 0.29) is 5.91 Å². The zero-order chi connectivity index (χ0) is 13.5. The zero-order valence-electron chi connectivity index (χ0n) is 10.9. The molecule has 0 heterocycles. The van der Waals surface area contributed by atoms with Crippen LogP contribution in [0.1, 0.15) is 25.8 Å². The van der Waals surface area contributed by atoms with E-state index in [0.29, 0.717) is 23.6 Å². The lowest BCUT2D eigenvalue weighted by atomic mass is 10.2. The number of benzene rings is 1. The van der Waals surface area contributed by atoms with Crippen molar-refractivity contribution >= 4 is 17.4 Å². The van der Waals surface area contributed by atoms with Crippen molar-refractivity contribution in [2.75, 3.05) is 12.3 Å². The van der Waals surface area contributed by atoms with Crippen LogP contribution in [-0.4, -0.2) is 18.3 Å². The molecule has 0 spiro atoms. The minimum Gasteiger partial charge on any atom is -0.399 e. The van der Waals surface area contributed by atoms with E-state index in [1.807, 2.05) is 19.1 Å². The predicted molar refractivity (Wildman–Crippen MR) is 75.5 cm³/mol. The quantitative estimate of drug-likeness (QED) is 0.369. The minimum absolute atomic E-state index is 0.221. The molecule has 4 heteroatoms. The topological polar surface area (TPSA) is 67.5 Å². The van der Waals surface area contributed by atoms with Crippen molar-refractivity contribution in [3.8, 4) is 0 Å². The highest BCUT2D eigenvalue weighted by Gasteiger charge is 2.08. The lowest BCUT2D eigenvalue weighted by Gasteiger charge is -2.09. The molecule has 0 fully saturated rings. The summed E-state index contributed by atoms with van der Waals surface area (Å²) >= 11 is 0. The van der Waals surface area contributed by atoms with Gasteiger partial charge in [0, 0.05) is 23.4 Å². The van der Waals surface area contributed by atoms with Crippen LogP contribution < -0.4 is 11.1 Å². The third kappa shape index (κ3) is 4.05. The second kappa shape index (κ2) is 6.59. The largest absolute Gasteiger partial charge is 0.399 e. The number of rotatable bonds is 4. The van der Waals surface area contributed by atoms with Gasteiger partial charge in [0.2, 0.25) is 0 Å². The molecule has 0 saturated carbocycles. The Morgan fingerprint density at radius 1 is 1.39 bits per heavy atom. The molecule has 0 bridgehead atoms. The second-order valence-corrected chi connectivity index (χ2v) is 4.09. The van der Waals surface area contributed by atoms with Gasteiger partial charge in [-0.05, 0) is 37.6 Å². The van der Waals surface area contributed by atoms with Crippen LogP contribution in [0.4, 0.5) is 5.69 Å². The van der Waals surface area contributed by atoms with E-state index < -0.39 is 0 Å². The maximum atomic E-state index is 11.6. The van der Waals surface area contributed by atoms with Gasteiger partial charge in [0.25, 0.3) is 5.91 Å². The lowest BCUT2D eigenvalue weighted by Crippen LogP contribution is -2.31. The average molecular weight is 245 g/mol. The number of anilines is 1. The van der Waals surface area contributed by atoms with Crippen LogP contribution in [0.15, 0.2) is 41.4 Å². The van der Waals surface area contributed by atoms with Gasteiger partial charge in [0.05, 0.1) is 0 Å². The normalized spacial score (nSPS) is 11.1. The molecule has 3 N–H and O–H groups in total. The summed E-state index contributed by atoms with van der Waals surface area (Å²) in [6.07, 6.45) is 0.918. The van der Waals surface area contributed by atoms with Crippen molar-refractivity contribution in [3.05, 3.63) is 42.0 Å². The van der Waals surface area contributed by atoms with Crippen molar-refractivity contribution in [1.82, 2.24) is 5.32 Å². The van der Waals surface area contributed by atoms with E-state index in [4.69, 9.17) is 5.73 Å². The number of nitrogens with zero attached hydrogens (tertiary/aromatic N) is 1. The van der Waals surface area contributed by atoms with E-state index >= 15 is 0 Å². The number of hydrogen-bond donors (Lipinski definition) is 2. The van der Waals surface area contributed by atoms with Gasteiger partial charge >= 0.3 is 0 Å². The number of nitrogen functional groups attached to an aromatic ring is 1. The molecule has 96 valence electrons. The van der Waals surface area contributed by atoms with Gasteiger partial charge in [0.1, 0.15) is 5.84 Å². The Labute approximate surface area is 108 Å². The minimum atomic E-state index is -0.221. The summed E-state index contributed by atoms with van der Waals surface area (Å²) in [7, 11) is 0. The van der Waals surface area contributed by atoms with Crippen molar-refractivity contribution in [2.24, 2.45) is 4.99 Å². The van der Waals surface area contributed by atoms with Gasteiger partial charge in [-0.15, -0.1) is 0 Å². The smallest absolute Gasteiger partial charge is 0.251 e. The average Bonchev–Trinajstić information content (AvgIpc) is 2.35. The Hall–Kier alpha value is -2.10. The van der Waals surface area contributed by atoms with Crippen LogP contribution in [0.5, 0.6) is 0 Å². The molecule has 1 amide bonds. The Bertz CT molecular complexity index is 460. The molecule has 0 radical (unpaired) electrons. The molecule has 0 aliphatic rings. The van der Waals surface area contributed by atoms with E-state index in [0.717, 1.165) is 12.0 Å². The van der Waals surface area contributed by atoms with Crippen LogP contribution in [0.2, 0.25) is 0 Å². The van der Waals surface area contributed by atoms with Crippen molar-refractivity contribution in [1.29, 1.82) is 0 Å². The van der Waals surface area contributed by atoms with Crippen LogP contribution in [-0.2, 0) is 4.79 Å². The van der Waals surface area contributed by atoms with Gasteiger partial charge in [-0.25, -0.2) is 0 Å². The van der Waals surface area contributed by atoms with Crippen molar-refractivity contribution < 1.29 is 4.79 Å². The summed E-state index contributed by atoms with van der Waals surface area (Å²) in [4.78, 5) is 16.0. The molecule has 18 heavy (non-hydrogen) atoms. The molecular weight excluding hydrogens is 226 g/mol. The fraction of sp³-hybridized carbons (Fsp3) is 0.286. The molecular formula is C14H19N3O. The molecule has 0 unspecified atom stereocenters. The molecule has 0 aliphatic carbocycles. The number of carbonyl (C=O) groups is 1. The number of hydrogen-bond acceptors (Lipinski definition) is 3. The lowest BCUT2D eigenvalue weighted by molar-refractivity contribution is -0.116. The first-order valence-corrected chi connectivity index (χ1v) is 5.91. The predicted octanol–water partition coefficient (Wildman–Crippen LogP) is 2.12. The SMILES string of the molecule is C=C(C)C(=O)NC(=NCCC)c1ccc(N)cc1. The number of amides is 1. The van der Waals surface area contributed by atoms with Gasteiger partial charge in [-0.3, -0.25) is 9.79 Å². The molecule has 1 aromatic rings. The number of aliphatic imine (C=N–C) groups is 1. The molecule has 0 aromatic heterocycles. The third-order valence-corrected chi connectivity index (χ3v) is 2.30. The van der Waals surface area contributed by atoms with Crippen molar-refractivity contribution in [3.63, 3.8) is 0 Å². The van der Waals surface area contributed by atoms with E-state index in [1.54, 1.807) is 19.1 Å². The van der Waals surface area contributed by atoms with Gasteiger partial charge in [-0.2, -0.15) is 0 Å². The second-order valence-electron chi connectivity index (χ2n) is 4.09. The fourth-order valence-electron chi connectivity index (χ4n) is 1.28. The standard InChI is InChI=1S/C14H19N3O/c1-4-9-16-13(17-14(18)10(2)3)11-5-7-12(15)8-6-11/h5-8H,2,4,9,15H2,1,3H3,(H,16,17,18). The highest BCUT2D eigenvalue weighted by atomic mass is 16.1. The third-order valence-electron chi connectivity index (χ3n) is 2.30. The van der Waals surface area contributed by atoms with Gasteiger partial charge in [-0.1, -0.05) is 13.5 Å². The Balaban J connectivity index is 2.95. The maximum Gasteiger partial charge on any atom is 0.251 e. The van der Waals surface area contributed by atoms with Crippen LogP contribution in [0.3, 0.4) is 0 Å². The van der Waals surface area contributed by atoms with Gasteiger partial charge in [0.15, 0.2) is 0 Å². The van der Waals surface area contributed by atoms with Crippen LogP contribution >= 0.6 is 0 Å². The van der Waals surface area contributed by atoms with Gasteiger partial charge < -0.3 is 11.1 Å². The summed E-state index contributed by atoms with van der Waals surface area (Å²) in [5.41, 5.74) is 7.61. The maximum absolute atomic E-state index is 11.6. The number of nitrogens with two attached hydrogens (primary N) is 1. The Kier molecular flexibility index (Phi) is 5.11. The molecule has 4 nitrogen and oxygen atoms in total. The Morgan fingerprint density at radius 2 is 2.00 bits per heavy atom. The first-order valence-electron chi connectivity index (χ1n) is 5.91. The first kappa shape index (κ1) is 14.0. The molecule has 0 aliphatic heterocycles. The first-order chi connectivity index (χ1) is 8.54. The Morgan fingerprint density at radius 3 is 2.50 bits per heavy atom. The molecule has 0 atom stereocenters. The monoisotopic (exact) mass is 245 g/mol. The fourth-order valence-corrected chi connectivity index (χ4v) is 1.28.